The van der Waals surface area contributed by atoms with Gasteiger partial charge in [0.05, 0.1) is 6.04 Å². The van der Waals surface area contributed by atoms with Crippen LogP contribution in [-0.2, 0) is 20.8 Å². The van der Waals surface area contributed by atoms with Crippen LogP contribution in [0.4, 0.5) is 5.69 Å². The molecule has 0 radical (unpaired) electrons. The van der Waals surface area contributed by atoms with Crippen LogP contribution in [0.5, 0.6) is 0 Å². The molecule has 176 valence electrons. The fourth-order valence-corrected chi connectivity index (χ4v) is 4.35. The molecular weight excluding hydrogens is 428 g/mol. The van der Waals surface area contributed by atoms with Crippen molar-refractivity contribution in [3.05, 3.63) is 78.4 Å². The number of benzene rings is 3. The Morgan fingerprint density at radius 1 is 1.00 bits per heavy atom. The Bertz CT molecular complexity index is 1180. The average Bonchev–Trinajstić information content (AvgIpc) is 3.34. The van der Waals surface area contributed by atoms with Gasteiger partial charge in [-0.1, -0.05) is 60.7 Å². The minimum atomic E-state index is -0.796. The van der Waals surface area contributed by atoms with Gasteiger partial charge in [0.25, 0.3) is 0 Å². The standard InChI is InChI=1S/C27H30N4O3/c1-18(28)25(32)30-23(16-19-8-3-2-4-9-19)27(34)31-15-7-12-24(31)26(33)29-22-14-13-20-10-5-6-11-21(20)17-22/h2-6,8-11,13-14,17-18,23-24H,7,12,15-16,28H2,1H3,(H,29,33)(H,30,32)/t18-,23-,24-/m0/s1. The number of carbonyl (C=O) groups is 3. The Hall–Kier alpha value is -3.71. The predicted molar refractivity (Wildman–Crippen MR) is 133 cm³/mol. The van der Waals surface area contributed by atoms with E-state index in [-0.39, 0.29) is 11.8 Å². The van der Waals surface area contributed by atoms with Crippen molar-refractivity contribution < 1.29 is 14.4 Å². The van der Waals surface area contributed by atoms with E-state index in [1.54, 1.807) is 11.8 Å². The van der Waals surface area contributed by atoms with E-state index < -0.39 is 24.0 Å². The van der Waals surface area contributed by atoms with Crippen molar-refractivity contribution in [1.29, 1.82) is 0 Å². The molecule has 3 aromatic rings. The fourth-order valence-electron chi connectivity index (χ4n) is 4.35. The summed E-state index contributed by atoms with van der Waals surface area (Å²) in [6.07, 6.45) is 1.62. The van der Waals surface area contributed by atoms with Gasteiger partial charge >= 0.3 is 0 Å². The summed E-state index contributed by atoms with van der Waals surface area (Å²) in [5.41, 5.74) is 7.34. The Balaban J connectivity index is 1.50. The van der Waals surface area contributed by atoms with Gasteiger partial charge in [0.1, 0.15) is 12.1 Å². The third-order valence-electron chi connectivity index (χ3n) is 6.17. The first-order valence-corrected chi connectivity index (χ1v) is 11.6. The number of nitrogens with one attached hydrogen (secondary N) is 2. The molecule has 7 nitrogen and oxygen atoms in total. The molecule has 1 heterocycles. The molecule has 1 fully saturated rings. The number of likely N-dealkylation sites (tertiary alicyclic amines) is 1. The van der Waals surface area contributed by atoms with E-state index in [9.17, 15) is 14.4 Å². The number of nitrogens with two attached hydrogens (primary N) is 1. The number of carbonyl (C=O) groups excluding carboxylic acids is 3. The summed E-state index contributed by atoms with van der Waals surface area (Å²) < 4.78 is 0. The lowest BCUT2D eigenvalue weighted by Crippen LogP contribution is -2.55. The molecule has 0 aromatic heterocycles. The Labute approximate surface area is 199 Å². The summed E-state index contributed by atoms with van der Waals surface area (Å²) in [7, 11) is 0. The minimum Gasteiger partial charge on any atom is -0.343 e. The maximum Gasteiger partial charge on any atom is 0.247 e. The van der Waals surface area contributed by atoms with Crippen molar-refractivity contribution in [3.63, 3.8) is 0 Å². The van der Waals surface area contributed by atoms with Crippen LogP contribution in [0.1, 0.15) is 25.3 Å². The second kappa shape index (κ2) is 10.5. The van der Waals surface area contributed by atoms with E-state index >= 15 is 0 Å². The van der Waals surface area contributed by atoms with E-state index in [0.29, 0.717) is 25.1 Å². The van der Waals surface area contributed by atoms with Crippen molar-refractivity contribution >= 4 is 34.2 Å². The molecule has 34 heavy (non-hydrogen) atoms. The van der Waals surface area contributed by atoms with Crippen molar-refractivity contribution in [2.24, 2.45) is 5.73 Å². The zero-order valence-corrected chi connectivity index (χ0v) is 19.2. The van der Waals surface area contributed by atoms with Gasteiger partial charge in [0, 0.05) is 18.7 Å². The summed E-state index contributed by atoms with van der Waals surface area (Å²) in [6, 6.07) is 21.0. The molecule has 3 amide bonds. The molecular formula is C27H30N4O3. The van der Waals surface area contributed by atoms with Crippen LogP contribution in [0.15, 0.2) is 72.8 Å². The Morgan fingerprint density at radius 2 is 1.71 bits per heavy atom. The van der Waals surface area contributed by atoms with Crippen LogP contribution < -0.4 is 16.4 Å². The summed E-state index contributed by atoms with van der Waals surface area (Å²) in [4.78, 5) is 40.6. The van der Waals surface area contributed by atoms with Gasteiger partial charge < -0.3 is 21.3 Å². The number of amides is 3. The van der Waals surface area contributed by atoms with Crippen molar-refractivity contribution in [2.75, 3.05) is 11.9 Å². The average molecular weight is 459 g/mol. The maximum atomic E-state index is 13.5. The van der Waals surface area contributed by atoms with Gasteiger partial charge in [-0.15, -0.1) is 0 Å². The van der Waals surface area contributed by atoms with E-state index in [2.05, 4.69) is 10.6 Å². The molecule has 1 aliphatic heterocycles. The highest BCUT2D eigenvalue weighted by atomic mass is 16.2. The monoisotopic (exact) mass is 458 g/mol. The fraction of sp³-hybridized carbons (Fsp3) is 0.296. The van der Waals surface area contributed by atoms with Gasteiger partial charge in [0.15, 0.2) is 0 Å². The minimum absolute atomic E-state index is 0.224. The zero-order valence-electron chi connectivity index (χ0n) is 19.2. The maximum absolute atomic E-state index is 13.5. The van der Waals surface area contributed by atoms with Crippen molar-refractivity contribution in [2.45, 2.75) is 44.3 Å². The quantitative estimate of drug-likeness (QED) is 0.506. The highest BCUT2D eigenvalue weighted by Gasteiger charge is 2.38. The van der Waals surface area contributed by atoms with Gasteiger partial charge in [-0.2, -0.15) is 0 Å². The SMILES string of the molecule is C[C@H](N)C(=O)N[C@@H](Cc1ccccc1)C(=O)N1CCC[C@H]1C(=O)Nc1ccc2ccccc2c1. The summed E-state index contributed by atoms with van der Waals surface area (Å²) in [5.74, 6) is -0.891. The summed E-state index contributed by atoms with van der Waals surface area (Å²) in [6.45, 7) is 2.04. The first kappa shape index (κ1) is 23.4. The van der Waals surface area contributed by atoms with Crippen molar-refractivity contribution in [3.8, 4) is 0 Å². The molecule has 3 atom stereocenters. The molecule has 1 saturated heterocycles. The molecule has 4 N–H and O–H groups in total. The molecule has 0 unspecified atom stereocenters. The van der Waals surface area contributed by atoms with Gasteiger partial charge in [-0.3, -0.25) is 14.4 Å². The van der Waals surface area contributed by atoms with Gasteiger partial charge in [-0.05, 0) is 48.2 Å². The third kappa shape index (κ3) is 5.43. The number of fused-ring (bicyclic) bond motifs is 1. The number of rotatable bonds is 7. The number of hydrogen-bond acceptors (Lipinski definition) is 4. The highest BCUT2D eigenvalue weighted by Crippen LogP contribution is 2.23. The van der Waals surface area contributed by atoms with Crippen LogP contribution in [0.3, 0.4) is 0 Å². The van der Waals surface area contributed by atoms with E-state index in [1.165, 1.54) is 0 Å². The van der Waals surface area contributed by atoms with Crippen LogP contribution in [0.2, 0.25) is 0 Å². The molecule has 1 aliphatic rings. The third-order valence-corrected chi connectivity index (χ3v) is 6.17. The largest absolute Gasteiger partial charge is 0.343 e. The first-order valence-electron chi connectivity index (χ1n) is 11.6. The highest BCUT2D eigenvalue weighted by molar-refractivity contribution is 6.00. The van der Waals surface area contributed by atoms with E-state index in [4.69, 9.17) is 5.73 Å². The van der Waals surface area contributed by atoms with Crippen molar-refractivity contribution in [1.82, 2.24) is 10.2 Å². The molecule has 0 bridgehead atoms. The Morgan fingerprint density at radius 3 is 2.44 bits per heavy atom. The zero-order chi connectivity index (χ0) is 24.1. The lowest BCUT2D eigenvalue weighted by molar-refractivity contribution is -0.140. The molecule has 0 saturated carbocycles. The molecule has 0 aliphatic carbocycles. The summed E-state index contributed by atoms with van der Waals surface area (Å²) in [5, 5.41) is 7.87. The number of hydrogen-bond donors (Lipinski definition) is 3. The van der Waals surface area contributed by atoms with E-state index in [0.717, 1.165) is 22.8 Å². The van der Waals surface area contributed by atoms with Crippen LogP contribution in [0.25, 0.3) is 10.8 Å². The number of nitrogens with zero attached hydrogens (tertiary/aromatic N) is 1. The summed E-state index contributed by atoms with van der Waals surface area (Å²) >= 11 is 0. The molecule has 7 heteroatoms. The van der Waals surface area contributed by atoms with Crippen LogP contribution in [-0.4, -0.2) is 47.3 Å². The smallest absolute Gasteiger partial charge is 0.247 e. The lowest BCUT2D eigenvalue weighted by atomic mass is 10.0. The van der Waals surface area contributed by atoms with Crippen LogP contribution >= 0.6 is 0 Å². The molecule has 3 aromatic carbocycles. The number of anilines is 1. The van der Waals surface area contributed by atoms with E-state index in [1.807, 2.05) is 72.8 Å². The normalized spacial score (nSPS) is 17.2. The predicted octanol–water partition coefficient (Wildman–Crippen LogP) is 2.84. The first-order chi connectivity index (χ1) is 16.4. The molecule has 0 spiro atoms. The second-order valence-corrected chi connectivity index (χ2v) is 8.78. The topological polar surface area (TPSA) is 105 Å². The second-order valence-electron chi connectivity index (χ2n) is 8.78. The van der Waals surface area contributed by atoms with Gasteiger partial charge in [-0.25, -0.2) is 0 Å². The molecule has 4 rings (SSSR count). The Kier molecular flexibility index (Phi) is 7.23. The van der Waals surface area contributed by atoms with Gasteiger partial charge in [0.2, 0.25) is 17.7 Å². The van der Waals surface area contributed by atoms with Crippen LogP contribution in [0, 0.1) is 0 Å². The lowest BCUT2D eigenvalue weighted by Gasteiger charge is -2.29.